The van der Waals surface area contributed by atoms with Gasteiger partial charge in [-0.25, -0.2) is 0 Å². The van der Waals surface area contributed by atoms with E-state index in [0.29, 0.717) is 11.7 Å². The Bertz CT molecular complexity index is 292. The number of nitrogens with zero attached hydrogens (tertiary/aromatic N) is 4. The normalized spacial score (nSPS) is 10.8. The molecule has 0 aliphatic heterocycles. The van der Waals surface area contributed by atoms with Crippen molar-refractivity contribution in [3.63, 3.8) is 0 Å². The van der Waals surface area contributed by atoms with Crippen LogP contribution in [0.25, 0.3) is 0 Å². The fourth-order valence-corrected chi connectivity index (χ4v) is 0.989. The molecular weight excluding hydrogens is 168 g/mol. The average Bonchev–Trinajstić information content (AvgIpc) is 2.33. The third-order valence-electron chi connectivity index (χ3n) is 1.45. The van der Waals surface area contributed by atoms with Crippen molar-refractivity contribution in [3.8, 4) is 0 Å². The van der Waals surface area contributed by atoms with Gasteiger partial charge in [0.1, 0.15) is 6.54 Å². The molecule has 0 aliphatic carbocycles. The molecule has 0 fully saturated rings. The minimum absolute atomic E-state index is 0.0356. The molecule has 0 unspecified atom stereocenters. The van der Waals surface area contributed by atoms with Crippen LogP contribution < -0.4 is 0 Å². The minimum atomic E-state index is 0.0356. The molecular formula is C8H14N4O. The Morgan fingerprint density at radius 3 is 2.77 bits per heavy atom. The Labute approximate surface area is 77.1 Å². The van der Waals surface area contributed by atoms with Crippen LogP contribution in [0.1, 0.15) is 26.6 Å². The second-order valence-electron chi connectivity index (χ2n) is 3.54. The zero-order chi connectivity index (χ0) is 9.84. The maximum Gasteiger partial charge on any atom is 0.175 e. The first-order valence-corrected chi connectivity index (χ1v) is 4.34. The van der Waals surface area contributed by atoms with E-state index in [1.54, 1.807) is 0 Å². The van der Waals surface area contributed by atoms with Gasteiger partial charge >= 0.3 is 0 Å². The zero-order valence-corrected chi connectivity index (χ0v) is 8.19. The van der Waals surface area contributed by atoms with Gasteiger partial charge in [0.05, 0.1) is 0 Å². The summed E-state index contributed by atoms with van der Waals surface area (Å²) < 4.78 is 0. The molecule has 1 aromatic rings. The van der Waals surface area contributed by atoms with Crippen molar-refractivity contribution in [2.45, 2.75) is 33.7 Å². The summed E-state index contributed by atoms with van der Waals surface area (Å²) in [5.41, 5.74) is 0. The molecule has 0 N–H and O–H groups in total. The van der Waals surface area contributed by atoms with Gasteiger partial charge in [-0.1, -0.05) is 13.8 Å². The molecule has 0 atom stereocenters. The van der Waals surface area contributed by atoms with Crippen LogP contribution >= 0.6 is 0 Å². The Morgan fingerprint density at radius 2 is 2.23 bits per heavy atom. The Morgan fingerprint density at radius 1 is 1.54 bits per heavy atom. The third kappa shape index (κ3) is 3.31. The van der Waals surface area contributed by atoms with Gasteiger partial charge in [-0.15, -0.1) is 10.2 Å². The van der Waals surface area contributed by atoms with Gasteiger partial charge < -0.3 is 0 Å². The van der Waals surface area contributed by atoms with Crippen LogP contribution in [0.3, 0.4) is 0 Å². The first-order chi connectivity index (χ1) is 6.08. The molecule has 0 radical (unpaired) electrons. The highest BCUT2D eigenvalue weighted by molar-refractivity contribution is 5.74. The van der Waals surface area contributed by atoms with Gasteiger partial charge in [0, 0.05) is 6.42 Å². The van der Waals surface area contributed by atoms with Crippen LogP contribution in [0.2, 0.25) is 0 Å². The van der Waals surface area contributed by atoms with E-state index in [2.05, 4.69) is 29.3 Å². The molecule has 0 spiro atoms. The summed E-state index contributed by atoms with van der Waals surface area (Å²) in [6, 6.07) is 0. The predicted octanol–water partition coefficient (Wildman–Crippen LogP) is 0.461. The Hall–Kier alpha value is -1.26. The molecule has 72 valence electrons. The number of tetrazole rings is 1. The van der Waals surface area contributed by atoms with Crippen molar-refractivity contribution in [3.05, 3.63) is 5.82 Å². The Balaban J connectivity index is 2.58. The number of rotatable bonds is 4. The fraction of sp³-hybridized carbons (Fsp3) is 0.750. The monoisotopic (exact) mass is 182 g/mol. The average molecular weight is 182 g/mol. The summed E-state index contributed by atoms with van der Waals surface area (Å²) in [4.78, 5) is 12.0. The lowest BCUT2D eigenvalue weighted by molar-refractivity contribution is -0.117. The molecule has 0 saturated carbocycles. The van der Waals surface area contributed by atoms with Gasteiger partial charge in [0.2, 0.25) is 0 Å². The molecule has 1 heterocycles. The summed E-state index contributed by atoms with van der Waals surface area (Å²) in [5, 5.41) is 11.7. The molecule has 1 rings (SSSR count). The summed E-state index contributed by atoms with van der Waals surface area (Å²) in [5.74, 6) is 1.25. The lowest BCUT2D eigenvalue weighted by Gasteiger charge is -1.96. The molecule has 0 saturated heterocycles. The summed E-state index contributed by atoms with van der Waals surface area (Å²) in [6.45, 7) is 5.90. The molecule has 5 nitrogen and oxygen atoms in total. The molecule has 0 aromatic carbocycles. The lowest BCUT2D eigenvalue weighted by atomic mass is 10.1. The van der Waals surface area contributed by atoms with E-state index in [9.17, 15) is 4.79 Å². The topological polar surface area (TPSA) is 60.7 Å². The van der Waals surface area contributed by atoms with Gasteiger partial charge in [-0.3, -0.25) is 4.79 Å². The van der Waals surface area contributed by atoms with Gasteiger partial charge in [0.25, 0.3) is 0 Å². The van der Waals surface area contributed by atoms with Gasteiger partial charge in [-0.2, -0.15) is 4.80 Å². The van der Waals surface area contributed by atoms with Crippen LogP contribution in [0.4, 0.5) is 0 Å². The van der Waals surface area contributed by atoms with E-state index >= 15 is 0 Å². The molecule has 1 aromatic heterocycles. The number of carbonyl (C=O) groups excluding carboxylic acids is 1. The fourth-order valence-electron chi connectivity index (χ4n) is 0.989. The Kier molecular flexibility index (Phi) is 3.11. The molecule has 0 amide bonds. The van der Waals surface area contributed by atoms with E-state index in [1.165, 1.54) is 11.7 Å². The van der Waals surface area contributed by atoms with Crippen LogP contribution in [-0.4, -0.2) is 26.0 Å². The van der Waals surface area contributed by atoms with Crippen molar-refractivity contribution in [1.82, 2.24) is 20.2 Å². The van der Waals surface area contributed by atoms with Crippen LogP contribution in [0, 0.1) is 5.92 Å². The highest BCUT2D eigenvalue weighted by atomic mass is 16.1. The standard InChI is InChI=1S/C8H14N4O/c1-6(2)4-8-9-11-12(10-8)5-7(3)13/h6H,4-5H2,1-3H3. The maximum atomic E-state index is 10.7. The number of Topliss-reactive ketones (excluding diaryl/α,β-unsaturated/α-hetero) is 1. The molecule has 0 aliphatic rings. The minimum Gasteiger partial charge on any atom is -0.298 e. The van der Waals surface area contributed by atoms with E-state index < -0.39 is 0 Å². The zero-order valence-electron chi connectivity index (χ0n) is 8.19. The number of carbonyl (C=O) groups is 1. The van der Waals surface area contributed by atoms with Crippen molar-refractivity contribution in [2.24, 2.45) is 5.92 Å². The van der Waals surface area contributed by atoms with Gasteiger partial charge in [-0.05, 0) is 18.1 Å². The van der Waals surface area contributed by atoms with Crippen molar-refractivity contribution in [2.75, 3.05) is 0 Å². The number of hydrogen-bond donors (Lipinski definition) is 0. The van der Waals surface area contributed by atoms with Crippen molar-refractivity contribution < 1.29 is 4.79 Å². The summed E-state index contributed by atoms with van der Waals surface area (Å²) in [6.07, 6.45) is 0.803. The van der Waals surface area contributed by atoms with E-state index in [0.717, 1.165) is 6.42 Å². The van der Waals surface area contributed by atoms with E-state index in [-0.39, 0.29) is 12.3 Å². The highest BCUT2D eigenvalue weighted by Crippen LogP contribution is 2.00. The highest BCUT2D eigenvalue weighted by Gasteiger charge is 2.05. The predicted molar refractivity (Wildman–Crippen MR) is 47.0 cm³/mol. The second-order valence-corrected chi connectivity index (χ2v) is 3.54. The summed E-state index contributed by atoms with van der Waals surface area (Å²) >= 11 is 0. The molecule has 0 bridgehead atoms. The van der Waals surface area contributed by atoms with Crippen LogP contribution in [0.5, 0.6) is 0 Å². The molecule has 5 heteroatoms. The van der Waals surface area contributed by atoms with Gasteiger partial charge in [0.15, 0.2) is 11.6 Å². The second kappa shape index (κ2) is 4.11. The summed E-state index contributed by atoms with van der Waals surface area (Å²) in [7, 11) is 0. The number of aromatic nitrogens is 4. The lowest BCUT2D eigenvalue weighted by Crippen LogP contribution is -2.09. The largest absolute Gasteiger partial charge is 0.298 e. The first-order valence-electron chi connectivity index (χ1n) is 4.34. The quantitative estimate of drug-likeness (QED) is 0.678. The SMILES string of the molecule is CC(=O)Cn1nnc(CC(C)C)n1. The van der Waals surface area contributed by atoms with E-state index in [1.807, 2.05) is 0 Å². The first kappa shape index (κ1) is 9.83. The molecule has 13 heavy (non-hydrogen) atoms. The maximum absolute atomic E-state index is 10.7. The third-order valence-corrected chi connectivity index (χ3v) is 1.45. The van der Waals surface area contributed by atoms with Crippen LogP contribution in [0.15, 0.2) is 0 Å². The van der Waals surface area contributed by atoms with Crippen molar-refractivity contribution in [1.29, 1.82) is 0 Å². The number of ketones is 1. The smallest absolute Gasteiger partial charge is 0.175 e. The van der Waals surface area contributed by atoms with Crippen LogP contribution in [-0.2, 0) is 17.8 Å². The van der Waals surface area contributed by atoms with Crippen molar-refractivity contribution >= 4 is 5.78 Å². The number of hydrogen-bond acceptors (Lipinski definition) is 4. The van der Waals surface area contributed by atoms with E-state index in [4.69, 9.17) is 0 Å².